The monoisotopic (exact) mass is 476 g/mol. The van der Waals surface area contributed by atoms with Gasteiger partial charge in [-0.1, -0.05) is 37.3 Å². The standard InChI is InChI=1S/C20H22N6O.C2HF3O2/c1-13-7-8-25(10-14-5-3-2-4-6-14)11-16(13)26-18-15(24-20(26)27)9-21-19-17(18)22-12-23-19;3-2(4,5)1(6)7/h2-6,9,12-13,16H,7-8,10-11H2,1H3,(H,24,27)(H,21,22,23);(H,6,7)/t13-,16+;/m1./s1. The van der Waals surface area contributed by atoms with Crippen LogP contribution in [-0.2, 0) is 11.3 Å². The van der Waals surface area contributed by atoms with Gasteiger partial charge in [0.25, 0.3) is 0 Å². The van der Waals surface area contributed by atoms with E-state index in [0.29, 0.717) is 11.6 Å². The molecule has 4 aromatic rings. The summed E-state index contributed by atoms with van der Waals surface area (Å²) < 4.78 is 33.7. The summed E-state index contributed by atoms with van der Waals surface area (Å²) in [5.74, 6) is -2.34. The minimum atomic E-state index is -5.08. The van der Waals surface area contributed by atoms with Crippen LogP contribution in [0.2, 0.25) is 0 Å². The molecule has 34 heavy (non-hydrogen) atoms. The summed E-state index contributed by atoms with van der Waals surface area (Å²) in [5.41, 5.74) is 4.31. The molecular weight excluding hydrogens is 453 g/mol. The molecule has 3 N–H and O–H groups in total. The Morgan fingerprint density at radius 1 is 1.24 bits per heavy atom. The molecule has 1 saturated heterocycles. The molecule has 0 aliphatic carbocycles. The number of halogens is 3. The van der Waals surface area contributed by atoms with E-state index in [1.807, 2.05) is 10.6 Å². The van der Waals surface area contributed by atoms with Gasteiger partial charge in [0.1, 0.15) is 5.52 Å². The van der Waals surface area contributed by atoms with Crippen molar-refractivity contribution in [1.29, 1.82) is 0 Å². The number of carboxylic acids is 1. The zero-order valence-corrected chi connectivity index (χ0v) is 18.2. The number of piperidine rings is 1. The lowest BCUT2D eigenvalue weighted by atomic mass is 9.92. The highest BCUT2D eigenvalue weighted by molar-refractivity contribution is 5.98. The number of benzene rings is 1. The molecule has 9 nitrogen and oxygen atoms in total. The molecule has 0 saturated carbocycles. The predicted octanol–water partition coefficient (Wildman–Crippen LogP) is 3.32. The number of aromatic nitrogens is 5. The first kappa shape index (κ1) is 23.5. The van der Waals surface area contributed by atoms with Crippen molar-refractivity contribution in [3.8, 4) is 0 Å². The number of aliphatic carboxylic acids is 1. The van der Waals surface area contributed by atoms with Gasteiger partial charge in [0.2, 0.25) is 0 Å². The van der Waals surface area contributed by atoms with Gasteiger partial charge in [-0.15, -0.1) is 0 Å². The third kappa shape index (κ3) is 4.81. The third-order valence-electron chi connectivity index (χ3n) is 5.95. The van der Waals surface area contributed by atoms with Crippen LogP contribution in [-0.4, -0.2) is 59.7 Å². The van der Waals surface area contributed by atoms with Crippen LogP contribution in [0, 0.1) is 5.92 Å². The van der Waals surface area contributed by atoms with Crippen molar-refractivity contribution >= 4 is 28.2 Å². The van der Waals surface area contributed by atoms with Gasteiger partial charge < -0.3 is 15.1 Å². The van der Waals surface area contributed by atoms with Crippen molar-refractivity contribution < 1.29 is 23.1 Å². The maximum absolute atomic E-state index is 12.8. The number of hydrogen-bond acceptors (Lipinski definition) is 5. The van der Waals surface area contributed by atoms with Gasteiger partial charge in [0.15, 0.2) is 5.65 Å². The lowest BCUT2D eigenvalue weighted by Crippen LogP contribution is -2.42. The largest absolute Gasteiger partial charge is 0.490 e. The van der Waals surface area contributed by atoms with Gasteiger partial charge in [0.05, 0.1) is 29.6 Å². The van der Waals surface area contributed by atoms with E-state index in [9.17, 15) is 18.0 Å². The molecule has 2 atom stereocenters. The fourth-order valence-corrected chi connectivity index (χ4v) is 4.25. The summed E-state index contributed by atoms with van der Waals surface area (Å²) in [6, 6.07) is 10.6. The second kappa shape index (κ2) is 9.29. The van der Waals surface area contributed by atoms with Crippen LogP contribution in [0.5, 0.6) is 0 Å². The lowest BCUT2D eigenvalue weighted by Gasteiger charge is -2.37. The maximum atomic E-state index is 12.8. The SMILES string of the molecule is C[C@@H]1CCN(Cc2ccccc2)C[C@@H]1n1c(=O)[nH]c2cnc3nc[nH]c3c21.O=C(O)C(F)(F)F. The highest BCUT2D eigenvalue weighted by Gasteiger charge is 2.38. The number of likely N-dealkylation sites (tertiary alicyclic amines) is 1. The molecule has 1 fully saturated rings. The molecule has 3 aromatic heterocycles. The van der Waals surface area contributed by atoms with E-state index < -0.39 is 12.1 Å². The minimum absolute atomic E-state index is 0.0766. The van der Waals surface area contributed by atoms with Crippen LogP contribution >= 0.6 is 0 Å². The second-order valence-electron chi connectivity index (χ2n) is 8.28. The van der Waals surface area contributed by atoms with Crippen molar-refractivity contribution in [3.63, 3.8) is 0 Å². The number of aromatic amines is 2. The number of carboxylic acid groups (broad SMARTS) is 1. The molecule has 0 amide bonds. The van der Waals surface area contributed by atoms with Gasteiger partial charge in [0, 0.05) is 13.1 Å². The molecule has 1 aliphatic heterocycles. The Morgan fingerprint density at radius 2 is 1.94 bits per heavy atom. The topological polar surface area (TPSA) is 120 Å². The lowest BCUT2D eigenvalue weighted by molar-refractivity contribution is -0.192. The third-order valence-corrected chi connectivity index (χ3v) is 5.95. The van der Waals surface area contributed by atoms with Gasteiger partial charge in [-0.3, -0.25) is 9.47 Å². The van der Waals surface area contributed by atoms with Crippen LogP contribution < -0.4 is 5.69 Å². The summed E-state index contributed by atoms with van der Waals surface area (Å²) >= 11 is 0. The van der Waals surface area contributed by atoms with Crippen molar-refractivity contribution in [2.45, 2.75) is 32.1 Å². The smallest absolute Gasteiger partial charge is 0.475 e. The predicted molar refractivity (Wildman–Crippen MR) is 118 cm³/mol. The summed E-state index contributed by atoms with van der Waals surface area (Å²) in [5, 5.41) is 7.12. The Bertz CT molecular complexity index is 1340. The zero-order valence-electron chi connectivity index (χ0n) is 18.2. The highest BCUT2D eigenvalue weighted by Crippen LogP contribution is 2.31. The molecule has 4 heterocycles. The Hall–Kier alpha value is -3.67. The number of carbonyl (C=O) groups is 1. The molecule has 1 aromatic carbocycles. The van der Waals surface area contributed by atoms with Crippen molar-refractivity contribution in [2.75, 3.05) is 13.1 Å². The fraction of sp³-hybridized carbons (Fsp3) is 0.364. The Labute approximate surface area is 191 Å². The quantitative estimate of drug-likeness (QED) is 0.417. The summed E-state index contributed by atoms with van der Waals surface area (Å²) in [4.78, 5) is 38.9. The number of nitrogens with zero attached hydrogens (tertiary/aromatic N) is 4. The first-order valence-corrected chi connectivity index (χ1v) is 10.6. The highest BCUT2D eigenvalue weighted by atomic mass is 19.4. The Morgan fingerprint density at radius 3 is 2.62 bits per heavy atom. The molecule has 5 rings (SSSR count). The van der Waals surface area contributed by atoms with E-state index in [0.717, 1.165) is 42.6 Å². The van der Waals surface area contributed by atoms with E-state index >= 15 is 0 Å². The normalized spacial score (nSPS) is 19.2. The zero-order chi connectivity index (χ0) is 24.5. The second-order valence-corrected chi connectivity index (χ2v) is 8.28. The number of H-pyrrole nitrogens is 2. The summed E-state index contributed by atoms with van der Waals surface area (Å²) in [6.07, 6.45) is -0.690. The van der Waals surface area contributed by atoms with Crippen LogP contribution in [0.25, 0.3) is 22.2 Å². The van der Waals surface area contributed by atoms with Crippen LogP contribution in [0.15, 0.2) is 47.7 Å². The number of nitrogens with one attached hydrogen (secondary N) is 2. The Kier molecular flexibility index (Phi) is 6.42. The summed E-state index contributed by atoms with van der Waals surface area (Å²) in [6.45, 7) is 5.04. The molecule has 0 unspecified atom stereocenters. The van der Waals surface area contributed by atoms with Crippen LogP contribution in [0.4, 0.5) is 13.2 Å². The van der Waals surface area contributed by atoms with E-state index in [1.54, 1.807) is 12.5 Å². The van der Waals surface area contributed by atoms with Crippen LogP contribution in [0.3, 0.4) is 0 Å². The average Bonchev–Trinajstić information content (AvgIpc) is 3.39. The van der Waals surface area contributed by atoms with E-state index in [-0.39, 0.29) is 11.7 Å². The molecule has 0 radical (unpaired) electrons. The first-order valence-electron chi connectivity index (χ1n) is 10.6. The van der Waals surface area contributed by atoms with Crippen LogP contribution in [0.1, 0.15) is 24.9 Å². The summed E-state index contributed by atoms with van der Waals surface area (Å²) in [7, 11) is 0. The van der Waals surface area contributed by atoms with Crippen molar-refractivity contribution in [1.82, 2.24) is 29.4 Å². The number of pyridine rings is 1. The Balaban J connectivity index is 0.000000344. The molecule has 0 bridgehead atoms. The molecular formula is C22H23F3N6O3. The molecule has 12 heteroatoms. The van der Waals surface area contributed by atoms with Gasteiger partial charge >= 0.3 is 17.8 Å². The fourth-order valence-electron chi connectivity index (χ4n) is 4.25. The molecule has 180 valence electrons. The average molecular weight is 476 g/mol. The van der Waals surface area contributed by atoms with Crippen molar-refractivity contribution in [3.05, 3.63) is 58.9 Å². The minimum Gasteiger partial charge on any atom is -0.475 e. The number of imidazole rings is 2. The number of fused-ring (bicyclic) bond motifs is 3. The first-order chi connectivity index (χ1) is 16.1. The number of alkyl halides is 3. The van der Waals surface area contributed by atoms with Gasteiger partial charge in [-0.05, 0) is 24.4 Å². The van der Waals surface area contributed by atoms with E-state index in [1.165, 1.54) is 5.56 Å². The van der Waals surface area contributed by atoms with E-state index in [2.05, 4.69) is 56.0 Å². The van der Waals surface area contributed by atoms with Gasteiger partial charge in [-0.25, -0.2) is 19.6 Å². The number of hydrogen-bond donors (Lipinski definition) is 3. The van der Waals surface area contributed by atoms with E-state index in [4.69, 9.17) is 9.90 Å². The van der Waals surface area contributed by atoms with Gasteiger partial charge in [-0.2, -0.15) is 13.2 Å². The number of rotatable bonds is 3. The van der Waals surface area contributed by atoms with Crippen molar-refractivity contribution in [2.24, 2.45) is 5.92 Å². The maximum Gasteiger partial charge on any atom is 0.490 e. The molecule has 0 spiro atoms. The molecule has 1 aliphatic rings.